The first-order valence-electron chi connectivity index (χ1n) is 10.6. The van der Waals surface area contributed by atoms with E-state index in [1.165, 1.54) is 0 Å². The third kappa shape index (κ3) is 5.40. The van der Waals surface area contributed by atoms with E-state index >= 15 is 0 Å². The van der Waals surface area contributed by atoms with Gasteiger partial charge < -0.3 is 14.4 Å². The predicted molar refractivity (Wildman–Crippen MR) is 118 cm³/mol. The van der Waals surface area contributed by atoms with Crippen molar-refractivity contribution in [3.63, 3.8) is 0 Å². The third-order valence-electron chi connectivity index (χ3n) is 5.63. The van der Waals surface area contributed by atoms with E-state index in [4.69, 9.17) is 9.47 Å². The fraction of sp³-hybridized carbons (Fsp3) is 0.320. The van der Waals surface area contributed by atoms with E-state index < -0.39 is 0 Å². The normalized spacial score (nSPS) is 16.2. The maximum atomic E-state index is 13.3. The smallest absolute Gasteiger partial charge is 0.233 e. The Labute approximate surface area is 182 Å². The molecule has 6 nitrogen and oxygen atoms in total. The highest BCUT2D eigenvalue weighted by atomic mass is 16.5. The maximum absolute atomic E-state index is 13.3. The fourth-order valence-corrected chi connectivity index (χ4v) is 4.01. The van der Waals surface area contributed by atoms with Gasteiger partial charge in [-0.1, -0.05) is 60.7 Å². The average molecular weight is 418 g/mol. The van der Waals surface area contributed by atoms with Gasteiger partial charge in [0.25, 0.3) is 0 Å². The molecule has 0 spiro atoms. The minimum Gasteiger partial charge on any atom is -0.480 e. The second-order valence-corrected chi connectivity index (χ2v) is 7.71. The maximum Gasteiger partial charge on any atom is 0.233 e. The van der Waals surface area contributed by atoms with Crippen LogP contribution >= 0.6 is 0 Å². The van der Waals surface area contributed by atoms with E-state index in [0.717, 1.165) is 30.5 Å². The van der Waals surface area contributed by atoms with Crippen molar-refractivity contribution in [1.82, 2.24) is 15.1 Å². The monoisotopic (exact) mass is 417 g/mol. The molecule has 1 unspecified atom stereocenters. The topological polar surface area (TPSA) is 64.6 Å². The Hall–Kier alpha value is -3.41. The number of hydrogen-bond acceptors (Lipinski definition) is 5. The van der Waals surface area contributed by atoms with Crippen molar-refractivity contribution in [2.45, 2.75) is 31.3 Å². The first kappa shape index (κ1) is 20.8. The van der Waals surface area contributed by atoms with Gasteiger partial charge in [-0.3, -0.25) is 4.79 Å². The molecule has 0 saturated carbocycles. The van der Waals surface area contributed by atoms with Crippen LogP contribution in [0.1, 0.15) is 36.3 Å². The lowest BCUT2D eigenvalue weighted by Crippen LogP contribution is -2.44. The van der Waals surface area contributed by atoms with Crippen LogP contribution in [-0.4, -0.2) is 47.3 Å². The number of amides is 1. The molecular weight excluding hydrogens is 390 g/mol. The molecule has 2 aromatic carbocycles. The van der Waals surface area contributed by atoms with Crippen molar-refractivity contribution < 1.29 is 14.3 Å². The van der Waals surface area contributed by atoms with Gasteiger partial charge in [-0.2, -0.15) is 0 Å². The summed E-state index contributed by atoms with van der Waals surface area (Å²) in [6.07, 6.45) is 2.13. The van der Waals surface area contributed by atoms with Gasteiger partial charge in [-0.05, 0) is 24.0 Å². The Morgan fingerprint density at radius 1 is 0.968 bits per heavy atom. The zero-order chi connectivity index (χ0) is 21.5. The molecular formula is C25H27N3O3. The zero-order valence-electron chi connectivity index (χ0n) is 17.7. The van der Waals surface area contributed by atoms with Crippen LogP contribution in [0.3, 0.4) is 0 Å². The van der Waals surface area contributed by atoms with E-state index in [0.29, 0.717) is 24.7 Å². The van der Waals surface area contributed by atoms with Crippen molar-refractivity contribution in [3.05, 3.63) is 83.9 Å². The average Bonchev–Trinajstić information content (AvgIpc) is 2.84. The molecule has 2 heterocycles. The second-order valence-electron chi connectivity index (χ2n) is 7.71. The number of aromatic nitrogens is 2. The largest absolute Gasteiger partial charge is 0.480 e. The Morgan fingerprint density at radius 3 is 2.16 bits per heavy atom. The summed E-state index contributed by atoms with van der Waals surface area (Å²) in [5.74, 6) is 1.07. The highest BCUT2D eigenvalue weighted by Crippen LogP contribution is 2.29. The molecule has 1 aromatic heterocycles. The minimum atomic E-state index is -0.0905. The lowest BCUT2D eigenvalue weighted by Gasteiger charge is -2.33. The number of ether oxygens (including phenoxy) is 2. The Bertz CT molecular complexity index is 925. The second kappa shape index (κ2) is 10.1. The molecule has 0 aliphatic carbocycles. The van der Waals surface area contributed by atoms with Gasteiger partial charge in [0.15, 0.2) is 0 Å². The van der Waals surface area contributed by atoms with E-state index in [9.17, 15) is 4.79 Å². The SMILES string of the molecule is COc1ccc(OC2CCCN(C(=O)CC(c3ccccc3)c3ccccc3)C2)nn1. The van der Waals surface area contributed by atoms with Gasteiger partial charge in [-0.25, -0.2) is 0 Å². The molecule has 0 N–H and O–H groups in total. The number of rotatable bonds is 7. The molecule has 1 amide bonds. The van der Waals surface area contributed by atoms with E-state index in [1.807, 2.05) is 41.3 Å². The van der Waals surface area contributed by atoms with Crippen molar-refractivity contribution in [1.29, 1.82) is 0 Å². The first-order valence-corrected chi connectivity index (χ1v) is 10.6. The number of hydrogen-bond donors (Lipinski definition) is 0. The molecule has 4 rings (SSSR count). The minimum absolute atomic E-state index is 0.0312. The quantitative estimate of drug-likeness (QED) is 0.580. The number of carbonyl (C=O) groups is 1. The van der Waals surface area contributed by atoms with E-state index in [2.05, 4.69) is 34.5 Å². The van der Waals surface area contributed by atoms with Crippen molar-refractivity contribution >= 4 is 5.91 Å². The van der Waals surface area contributed by atoms with E-state index in [-0.39, 0.29) is 17.9 Å². The fourth-order valence-electron chi connectivity index (χ4n) is 4.01. The molecule has 160 valence electrons. The first-order chi connectivity index (χ1) is 15.2. The van der Waals surface area contributed by atoms with Crippen LogP contribution in [0.4, 0.5) is 0 Å². The Balaban J connectivity index is 1.43. The zero-order valence-corrected chi connectivity index (χ0v) is 17.7. The highest BCUT2D eigenvalue weighted by molar-refractivity contribution is 5.78. The summed E-state index contributed by atoms with van der Waals surface area (Å²) in [4.78, 5) is 15.2. The molecule has 1 saturated heterocycles. The summed E-state index contributed by atoms with van der Waals surface area (Å²) in [5.41, 5.74) is 2.31. The van der Waals surface area contributed by atoms with Crippen molar-refractivity contribution in [2.24, 2.45) is 0 Å². The number of carbonyl (C=O) groups excluding carboxylic acids is 1. The molecule has 1 aliphatic rings. The van der Waals surface area contributed by atoms with Crippen molar-refractivity contribution in [2.75, 3.05) is 20.2 Å². The molecule has 1 fully saturated rings. The summed E-state index contributed by atoms with van der Waals surface area (Å²) >= 11 is 0. The summed E-state index contributed by atoms with van der Waals surface area (Å²) < 4.78 is 11.0. The molecule has 0 radical (unpaired) electrons. The lowest BCUT2D eigenvalue weighted by atomic mass is 9.88. The standard InChI is InChI=1S/C25H27N3O3/c1-30-23-14-15-24(27-26-23)31-21-13-8-16-28(18-21)25(29)17-22(19-9-4-2-5-10-19)20-11-6-3-7-12-20/h2-7,9-12,14-15,21-22H,8,13,16-18H2,1H3. The highest BCUT2D eigenvalue weighted by Gasteiger charge is 2.28. The predicted octanol–water partition coefficient (Wildman–Crippen LogP) is 4.08. The van der Waals surface area contributed by atoms with Gasteiger partial charge in [0.05, 0.1) is 13.7 Å². The van der Waals surface area contributed by atoms with Crippen LogP contribution in [0.15, 0.2) is 72.8 Å². The summed E-state index contributed by atoms with van der Waals surface area (Å²) in [6, 6.07) is 23.9. The Morgan fingerprint density at radius 2 is 1.58 bits per heavy atom. The number of piperidine rings is 1. The molecule has 6 heteroatoms. The molecule has 0 bridgehead atoms. The van der Waals surface area contributed by atoms with Crippen LogP contribution in [0.2, 0.25) is 0 Å². The van der Waals surface area contributed by atoms with Crippen molar-refractivity contribution in [3.8, 4) is 11.8 Å². The molecule has 1 aliphatic heterocycles. The molecule has 1 atom stereocenters. The van der Waals surface area contributed by atoms with Gasteiger partial charge in [-0.15, -0.1) is 10.2 Å². The van der Waals surface area contributed by atoms with Gasteiger partial charge >= 0.3 is 0 Å². The molecule has 3 aromatic rings. The Kier molecular flexibility index (Phi) is 6.77. The number of methoxy groups -OCH3 is 1. The van der Waals surface area contributed by atoms with Gasteiger partial charge in [0.2, 0.25) is 17.7 Å². The van der Waals surface area contributed by atoms with E-state index in [1.54, 1.807) is 19.2 Å². The third-order valence-corrected chi connectivity index (χ3v) is 5.63. The van der Waals surface area contributed by atoms with Crippen LogP contribution in [-0.2, 0) is 4.79 Å². The van der Waals surface area contributed by atoms with Gasteiger partial charge in [0.1, 0.15) is 6.10 Å². The summed E-state index contributed by atoms with van der Waals surface area (Å²) in [5, 5.41) is 7.99. The van der Waals surface area contributed by atoms with Crippen LogP contribution in [0, 0.1) is 0 Å². The van der Waals surface area contributed by atoms with Crippen LogP contribution < -0.4 is 9.47 Å². The number of likely N-dealkylation sites (tertiary alicyclic amines) is 1. The van der Waals surface area contributed by atoms with Gasteiger partial charge in [0, 0.05) is 31.0 Å². The molecule has 31 heavy (non-hydrogen) atoms. The number of benzene rings is 2. The summed E-state index contributed by atoms with van der Waals surface area (Å²) in [7, 11) is 1.55. The number of nitrogens with zero attached hydrogens (tertiary/aromatic N) is 3. The van der Waals surface area contributed by atoms with Crippen LogP contribution in [0.5, 0.6) is 11.8 Å². The van der Waals surface area contributed by atoms with Crippen LogP contribution in [0.25, 0.3) is 0 Å². The lowest BCUT2D eigenvalue weighted by molar-refractivity contribution is -0.134. The summed E-state index contributed by atoms with van der Waals surface area (Å²) in [6.45, 7) is 1.31.